The minimum atomic E-state index is -0.533. The van der Waals surface area contributed by atoms with E-state index in [2.05, 4.69) is 4.98 Å². The molecule has 0 bridgehead atoms. The summed E-state index contributed by atoms with van der Waals surface area (Å²) in [6.45, 7) is 3.11. The molecule has 0 N–H and O–H groups in total. The zero-order valence-corrected chi connectivity index (χ0v) is 16.5. The molecule has 0 unspecified atom stereocenters. The number of pyridine rings is 1. The normalized spacial score (nSPS) is 13.5. The summed E-state index contributed by atoms with van der Waals surface area (Å²) >= 11 is 1.34. The smallest absolute Gasteiger partial charge is 0.199 e. The highest BCUT2D eigenvalue weighted by atomic mass is 32.2. The molecule has 0 radical (unpaired) electrons. The molecular formula is C20H20FN3O3S. The van der Waals surface area contributed by atoms with Crippen molar-refractivity contribution in [3.8, 4) is 23.2 Å². The summed E-state index contributed by atoms with van der Waals surface area (Å²) < 4.78 is 31.2. The lowest BCUT2D eigenvalue weighted by Crippen LogP contribution is -2.16. The number of imidazole rings is 1. The number of halogens is 1. The van der Waals surface area contributed by atoms with Crippen molar-refractivity contribution in [2.24, 2.45) is 0 Å². The van der Waals surface area contributed by atoms with E-state index in [-0.39, 0.29) is 5.56 Å². The molecule has 8 heteroatoms. The molecule has 4 rings (SSSR count). The zero-order valence-electron chi connectivity index (χ0n) is 15.6. The fraction of sp³-hybridized carbons (Fsp3) is 0.300. The van der Waals surface area contributed by atoms with E-state index >= 15 is 0 Å². The zero-order chi connectivity index (χ0) is 19.9. The van der Waals surface area contributed by atoms with Gasteiger partial charge < -0.3 is 14.2 Å². The number of benzene rings is 1. The second-order valence-corrected chi connectivity index (χ2v) is 6.63. The topological polar surface area (TPSA) is 68.8 Å². The van der Waals surface area contributed by atoms with Crippen LogP contribution in [0.4, 0.5) is 4.39 Å². The molecule has 0 saturated carbocycles. The standard InChI is InChI=1S/C16H12FN3OS.C4H8O2/c1-21-16-5-3-4-15-19-9-13(20(15)16)10-6-12(17)11(8-18)14(7-10)22-2;1-2-6-4-3-5-1/h3-7,9H,1-2H3;1-4H2. The SMILES string of the molecule is C1COCCO1.COc1cccc2ncc(-c3cc(F)c(C#N)c(SC)c3)n12. The lowest BCUT2D eigenvalue weighted by molar-refractivity contribution is -0.0334. The van der Waals surface area contributed by atoms with Crippen LogP contribution in [0.3, 0.4) is 0 Å². The average molecular weight is 401 g/mol. The second kappa shape index (κ2) is 9.55. The lowest BCUT2D eigenvalue weighted by atomic mass is 10.1. The van der Waals surface area contributed by atoms with Crippen LogP contribution in [0, 0.1) is 17.1 Å². The third kappa shape index (κ3) is 4.28. The van der Waals surface area contributed by atoms with Gasteiger partial charge in [-0.25, -0.2) is 9.37 Å². The first-order valence-electron chi connectivity index (χ1n) is 8.63. The number of fused-ring (bicyclic) bond motifs is 1. The Morgan fingerprint density at radius 1 is 1.21 bits per heavy atom. The van der Waals surface area contributed by atoms with Crippen LogP contribution >= 0.6 is 11.8 Å². The summed E-state index contributed by atoms with van der Waals surface area (Å²) in [5.41, 5.74) is 2.14. The van der Waals surface area contributed by atoms with Crippen LogP contribution in [0.1, 0.15) is 5.56 Å². The largest absolute Gasteiger partial charge is 0.482 e. The molecule has 1 aliphatic heterocycles. The van der Waals surface area contributed by atoms with Crippen LogP contribution in [0.2, 0.25) is 0 Å². The highest BCUT2D eigenvalue weighted by molar-refractivity contribution is 7.98. The van der Waals surface area contributed by atoms with Gasteiger partial charge in [0.25, 0.3) is 0 Å². The van der Waals surface area contributed by atoms with E-state index in [0.717, 1.165) is 26.4 Å². The molecule has 0 spiro atoms. The number of rotatable bonds is 3. The van der Waals surface area contributed by atoms with Crippen LogP contribution in [0.15, 0.2) is 41.4 Å². The number of ether oxygens (including phenoxy) is 3. The third-order valence-electron chi connectivity index (χ3n) is 4.13. The van der Waals surface area contributed by atoms with Gasteiger partial charge in [0.05, 0.1) is 45.4 Å². The van der Waals surface area contributed by atoms with Gasteiger partial charge in [0.2, 0.25) is 0 Å². The Hall–Kier alpha value is -2.60. The first-order chi connectivity index (χ1) is 13.7. The van der Waals surface area contributed by atoms with Gasteiger partial charge in [0.15, 0.2) is 5.88 Å². The molecule has 3 aromatic rings. The minimum absolute atomic E-state index is 0.0667. The van der Waals surface area contributed by atoms with Gasteiger partial charge >= 0.3 is 0 Å². The number of hydrogen-bond acceptors (Lipinski definition) is 6. The fourth-order valence-electron chi connectivity index (χ4n) is 2.81. The quantitative estimate of drug-likeness (QED) is 0.622. The maximum atomic E-state index is 14.2. The Labute approximate surface area is 166 Å². The third-order valence-corrected chi connectivity index (χ3v) is 4.89. The number of methoxy groups -OCH3 is 1. The Morgan fingerprint density at radius 2 is 1.93 bits per heavy atom. The lowest BCUT2D eigenvalue weighted by Gasteiger charge is -2.09. The molecular weight excluding hydrogens is 381 g/mol. The number of nitrogens with zero attached hydrogens (tertiary/aromatic N) is 3. The van der Waals surface area contributed by atoms with Crippen molar-refractivity contribution in [1.82, 2.24) is 9.38 Å². The van der Waals surface area contributed by atoms with Gasteiger partial charge in [-0.05, 0) is 30.5 Å². The molecule has 28 heavy (non-hydrogen) atoms. The van der Waals surface area contributed by atoms with E-state index < -0.39 is 5.82 Å². The van der Waals surface area contributed by atoms with Crippen molar-refractivity contribution >= 4 is 17.4 Å². The van der Waals surface area contributed by atoms with E-state index in [1.54, 1.807) is 19.4 Å². The Bertz CT molecular complexity index is 985. The number of thioether (sulfide) groups is 1. The highest BCUT2D eigenvalue weighted by Gasteiger charge is 2.15. The molecule has 1 aromatic carbocycles. The molecule has 3 heterocycles. The Balaban J connectivity index is 0.000000320. The van der Waals surface area contributed by atoms with Crippen molar-refractivity contribution in [1.29, 1.82) is 5.26 Å². The van der Waals surface area contributed by atoms with Crippen LogP contribution < -0.4 is 4.74 Å². The number of nitriles is 1. The molecule has 146 valence electrons. The maximum Gasteiger partial charge on any atom is 0.199 e. The monoisotopic (exact) mass is 401 g/mol. The Morgan fingerprint density at radius 3 is 2.50 bits per heavy atom. The van der Waals surface area contributed by atoms with Gasteiger partial charge in [-0.2, -0.15) is 5.26 Å². The molecule has 6 nitrogen and oxygen atoms in total. The molecule has 0 aliphatic carbocycles. The summed E-state index contributed by atoms with van der Waals surface area (Å²) in [7, 11) is 1.57. The van der Waals surface area contributed by atoms with Crippen molar-refractivity contribution in [3.05, 3.63) is 47.9 Å². The molecule has 1 fully saturated rings. The van der Waals surface area contributed by atoms with E-state index in [9.17, 15) is 4.39 Å². The molecule has 2 aromatic heterocycles. The maximum absolute atomic E-state index is 14.2. The predicted molar refractivity (Wildman–Crippen MR) is 105 cm³/mol. The minimum Gasteiger partial charge on any atom is -0.482 e. The molecule has 1 saturated heterocycles. The Kier molecular flexibility index (Phi) is 6.87. The number of aromatic nitrogens is 2. The van der Waals surface area contributed by atoms with E-state index in [1.165, 1.54) is 17.8 Å². The molecule has 0 amide bonds. The summed E-state index contributed by atoms with van der Waals surface area (Å²) in [6, 6.07) is 10.6. The van der Waals surface area contributed by atoms with Gasteiger partial charge in [-0.3, -0.25) is 4.40 Å². The van der Waals surface area contributed by atoms with Crippen LogP contribution in [0.5, 0.6) is 5.88 Å². The van der Waals surface area contributed by atoms with Crippen molar-refractivity contribution in [2.75, 3.05) is 39.8 Å². The first-order valence-corrected chi connectivity index (χ1v) is 9.86. The average Bonchev–Trinajstić information content (AvgIpc) is 3.19. The molecule has 0 atom stereocenters. The van der Waals surface area contributed by atoms with Gasteiger partial charge in [0.1, 0.15) is 23.1 Å². The first kappa shape index (κ1) is 20.1. The van der Waals surface area contributed by atoms with Gasteiger partial charge in [-0.1, -0.05) is 6.07 Å². The summed E-state index contributed by atoms with van der Waals surface area (Å²) in [5, 5.41) is 9.06. The molecule has 1 aliphatic rings. The van der Waals surface area contributed by atoms with Gasteiger partial charge in [0, 0.05) is 10.5 Å². The van der Waals surface area contributed by atoms with Crippen LogP contribution in [-0.4, -0.2) is 49.2 Å². The summed E-state index contributed by atoms with van der Waals surface area (Å²) in [6.07, 6.45) is 3.48. The summed E-state index contributed by atoms with van der Waals surface area (Å²) in [4.78, 5) is 4.92. The van der Waals surface area contributed by atoms with Gasteiger partial charge in [-0.15, -0.1) is 11.8 Å². The highest BCUT2D eigenvalue weighted by Crippen LogP contribution is 2.31. The van der Waals surface area contributed by atoms with Crippen molar-refractivity contribution in [2.45, 2.75) is 4.90 Å². The van der Waals surface area contributed by atoms with E-state index in [0.29, 0.717) is 27.7 Å². The van der Waals surface area contributed by atoms with Crippen molar-refractivity contribution < 1.29 is 18.6 Å². The summed E-state index contributed by atoms with van der Waals surface area (Å²) in [5.74, 6) is 0.0784. The van der Waals surface area contributed by atoms with E-state index in [4.69, 9.17) is 19.5 Å². The fourth-order valence-corrected chi connectivity index (χ4v) is 3.40. The van der Waals surface area contributed by atoms with E-state index in [1.807, 2.05) is 34.9 Å². The van der Waals surface area contributed by atoms with Crippen LogP contribution in [-0.2, 0) is 9.47 Å². The van der Waals surface area contributed by atoms with Crippen molar-refractivity contribution in [3.63, 3.8) is 0 Å². The van der Waals surface area contributed by atoms with Crippen LogP contribution in [0.25, 0.3) is 16.9 Å². The number of hydrogen-bond donors (Lipinski definition) is 0. The predicted octanol–water partition coefficient (Wildman–Crippen LogP) is 3.78. The second-order valence-electron chi connectivity index (χ2n) is 5.78.